The highest BCUT2D eigenvalue weighted by Crippen LogP contribution is 2.13. The molecule has 0 aliphatic carbocycles. The molecule has 2 rings (SSSR count). The van der Waals surface area contributed by atoms with E-state index in [0.717, 1.165) is 36.7 Å². The van der Waals surface area contributed by atoms with Crippen LogP contribution in [0.1, 0.15) is 12.0 Å². The topological polar surface area (TPSA) is 42.9 Å². The maximum Gasteiger partial charge on any atom is 0.128 e. The van der Waals surface area contributed by atoms with Crippen LogP contribution in [0.3, 0.4) is 0 Å². The van der Waals surface area contributed by atoms with Crippen LogP contribution >= 0.6 is 0 Å². The minimum atomic E-state index is 0.578. The van der Waals surface area contributed by atoms with Crippen LogP contribution in [-0.2, 0) is 4.74 Å². The fourth-order valence-electron chi connectivity index (χ4n) is 1.68. The van der Waals surface area contributed by atoms with Crippen molar-refractivity contribution in [3.8, 4) is 5.75 Å². The quantitative estimate of drug-likeness (QED) is 0.784. The van der Waals surface area contributed by atoms with E-state index in [0.29, 0.717) is 13.2 Å². The summed E-state index contributed by atoms with van der Waals surface area (Å²) in [5.41, 5.74) is 1.11. The van der Waals surface area contributed by atoms with Gasteiger partial charge >= 0.3 is 0 Å². The molecule has 0 atom stereocenters. The monoisotopic (exact) mass is 234 g/mol. The lowest BCUT2D eigenvalue weighted by Crippen LogP contribution is -2.30. The summed E-state index contributed by atoms with van der Waals surface area (Å²) >= 11 is 0. The first-order valence-corrected chi connectivity index (χ1v) is 5.90. The SMILES string of the molecule is COCCOc1ccc(C2=NCCCN2)cc1. The van der Waals surface area contributed by atoms with E-state index >= 15 is 0 Å². The van der Waals surface area contributed by atoms with E-state index < -0.39 is 0 Å². The average Bonchev–Trinajstić information content (AvgIpc) is 2.41. The Balaban J connectivity index is 1.95. The summed E-state index contributed by atoms with van der Waals surface area (Å²) in [6.45, 7) is 3.10. The lowest BCUT2D eigenvalue weighted by atomic mass is 10.2. The Morgan fingerprint density at radius 3 is 2.71 bits per heavy atom. The second-order valence-corrected chi connectivity index (χ2v) is 3.88. The molecular weight excluding hydrogens is 216 g/mol. The second kappa shape index (κ2) is 6.25. The first-order chi connectivity index (χ1) is 8.40. The zero-order valence-electron chi connectivity index (χ0n) is 10.1. The van der Waals surface area contributed by atoms with Gasteiger partial charge in [0, 0.05) is 25.8 Å². The van der Waals surface area contributed by atoms with Crippen LogP contribution in [0.4, 0.5) is 0 Å². The third kappa shape index (κ3) is 3.46. The number of nitrogens with one attached hydrogen (secondary N) is 1. The van der Waals surface area contributed by atoms with E-state index in [9.17, 15) is 0 Å². The van der Waals surface area contributed by atoms with Gasteiger partial charge in [-0.15, -0.1) is 0 Å². The predicted octanol–water partition coefficient (Wildman–Crippen LogP) is 1.45. The molecule has 0 fully saturated rings. The highest BCUT2D eigenvalue weighted by molar-refractivity contribution is 5.99. The molecule has 1 N–H and O–H groups in total. The average molecular weight is 234 g/mol. The zero-order chi connectivity index (χ0) is 11.9. The van der Waals surface area contributed by atoms with Crippen molar-refractivity contribution in [3.63, 3.8) is 0 Å². The van der Waals surface area contributed by atoms with Crippen LogP contribution in [-0.4, -0.2) is 39.2 Å². The van der Waals surface area contributed by atoms with Crippen LogP contribution < -0.4 is 10.1 Å². The Kier molecular flexibility index (Phi) is 4.38. The minimum Gasteiger partial charge on any atom is -0.491 e. The van der Waals surface area contributed by atoms with Crippen molar-refractivity contribution in [2.24, 2.45) is 4.99 Å². The number of aliphatic imine (C=N–C) groups is 1. The summed E-state index contributed by atoms with van der Waals surface area (Å²) in [5, 5.41) is 3.30. The zero-order valence-corrected chi connectivity index (χ0v) is 10.1. The molecule has 1 heterocycles. The molecule has 0 unspecified atom stereocenters. The third-order valence-electron chi connectivity index (χ3n) is 2.58. The first-order valence-electron chi connectivity index (χ1n) is 5.90. The lowest BCUT2D eigenvalue weighted by Gasteiger charge is -2.14. The van der Waals surface area contributed by atoms with E-state index in [1.54, 1.807) is 7.11 Å². The van der Waals surface area contributed by atoms with Gasteiger partial charge in [-0.1, -0.05) is 0 Å². The van der Waals surface area contributed by atoms with Gasteiger partial charge in [-0.2, -0.15) is 0 Å². The van der Waals surface area contributed by atoms with E-state index in [1.807, 2.05) is 24.3 Å². The van der Waals surface area contributed by atoms with E-state index in [1.165, 1.54) is 0 Å². The molecule has 0 amide bonds. The van der Waals surface area contributed by atoms with Gasteiger partial charge in [0.1, 0.15) is 18.2 Å². The highest BCUT2D eigenvalue weighted by atomic mass is 16.5. The van der Waals surface area contributed by atoms with Crippen LogP contribution in [0.2, 0.25) is 0 Å². The molecule has 0 saturated heterocycles. The summed E-state index contributed by atoms with van der Waals surface area (Å²) < 4.78 is 10.4. The van der Waals surface area contributed by atoms with Gasteiger partial charge in [0.2, 0.25) is 0 Å². The van der Waals surface area contributed by atoms with Gasteiger partial charge in [0.25, 0.3) is 0 Å². The van der Waals surface area contributed by atoms with Gasteiger partial charge in [-0.3, -0.25) is 4.99 Å². The number of ether oxygens (including phenoxy) is 2. The molecule has 1 aliphatic heterocycles. The maximum atomic E-state index is 5.50. The van der Waals surface area contributed by atoms with E-state index in [-0.39, 0.29) is 0 Å². The van der Waals surface area contributed by atoms with Crippen molar-refractivity contribution in [1.82, 2.24) is 5.32 Å². The van der Waals surface area contributed by atoms with Crippen molar-refractivity contribution in [2.45, 2.75) is 6.42 Å². The molecule has 0 bridgehead atoms. The fraction of sp³-hybridized carbons (Fsp3) is 0.462. The van der Waals surface area contributed by atoms with Gasteiger partial charge in [0.15, 0.2) is 0 Å². The molecule has 4 heteroatoms. The largest absolute Gasteiger partial charge is 0.491 e. The van der Waals surface area contributed by atoms with Crippen molar-refractivity contribution in [2.75, 3.05) is 33.4 Å². The molecule has 92 valence electrons. The molecule has 4 nitrogen and oxygen atoms in total. The maximum absolute atomic E-state index is 5.50. The van der Waals surface area contributed by atoms with E-state index in [4.69, 9.17) is 9.47 Å². The van der Waals surface area contributed by atoms with Crippen molar-refractivity contribution >= 4 is 5.84 Å². The molecule has 0 spiro atoms. The number of amidine groups is 1. The summed E-state index contributed by atoms with van der Waals surface area (Å²) in [6, 6.07) is 7.98. The number of rotatable bonds is 5. The number of hydrogen-bond donors (Lipinski definition) is 1. The molecule has 17 heavy (non-hydrogen) atoms. The standard InChI is InChI=1S/C13H18N2O2/c1-16-9-10-17-12-5-3-11(4-6-12)13-14-7-2-8-15-13/h3-6H,2,7-10H2,1H3,(H,14,15). The molecule has 1 aromatic rings. The van der Waals surface area contributed by atoms with Crippen LogP contribution in [0.15, 0.2) is 29.3 Å². The highest BCUT2D eigenvalue weighted by Gasteiger charge is 2.06. The number of hydrogen-bond acceptors (Lipinski definition) is 4. The minimum absolute atomic E-state index is 0.578. The molecule has 0 aromatic heterocycles. The molecule has 0 radical (unpaired) electrons. The van der Waals surface area contributed by atoms with Crippen LogP contribution in [0.5, 0.6) is 5.75 Å². The fourth-order valence-corrected chi connectivity index (χ4v) is 1.68. The Bertz CT molecular complexity index is 374. The predicted molar refractivity (Wildman–Crippen MR) is 67.8 cm³/mol. The summed E-state index contributed by atoms with van der Waals surface area (Å²) in [4.78, 5) is 4.45. The van der Waals surface area contributed by atoms with Crippen molar-refractivity contribution in [3.05, 3.63) is 29.8 Å². The number of methoxy groups -OCH3 is 1. The molecule has 1 aliphatic rings. The van der Waals surface area contributed by atoms with Gasteiger partial charge in [0.05, 0.1) is 6.61 Å². The van der Waals surface area contributed by atoms with Crippen molar-refractivity contribution in [1.29, 1.82) is 0 Å². The Morgan fingerprint density at radius 1 is 1.24 bits per heavy atom. The summed E-state index contributed by atoms with van der Waals surface area (Å²) in [7, 11) is 1.67. The third-order valence-corrected chi connectivity index (χ3v) is 2.58. The summed E-state index contributed by atoms with van der Waals surface area (Å²) in [6.07, 6.45) is 1.11. The number of benzene rings is 1. The van der Waals surface area contributed by atoms with Crippen LogP contribution in [0, 0.1) is 0 Å². The van der Waals surface area contributed by atoms with Crippen molar-refractivity contribution < 1.29 is 9.47 Å². The molecule has 1 aromatic carbocycles. The smallest absolute Gasteiger partial charge is 0.128 e. The molecule has 0 saturated carbocycles. The number of nitrogens with zero attached hydrogens (tertiary/aromatic N) is 1. The van der Waals surface area contributed by atoms with Gasteiger partial charge in [-0.25, -0.2) is 0 Å². The first kappa shape index (κ1) is 11.9. The van der Waals surface area contributed by atoms with Gasteiger partial charge in [-0.05, 0) is 30.7 Å². The Hall–Kier alpha value is -1.55. The van der Waals surface area contributed by atoms with Crippen LogP contribution in [0.25, 0.3) is 0 Å². The Morgan fingerprint density at radius 2 is 2.06 bits per heavy atom. The van der Waals surface area contributed by atoms with E-state index in [2.05, 4.69) is 10.3 Å². The summed E-state index contributed by atoms with van der Waals surface area (Å²) in [5.74, 6) is 1.85. The Labute approximate surface area is 102 Å². The second-order valence-electron chi connectivity index (χ2n) is 3.88. The molecular formula is C13H18N2O2. The lowest BCUT2D eigenvalue weighted by molar-refractivity contribution is 0.146. The normalized spacial score (nSPS) is 15.0. The van der Waals surface area contributed by atoms with Gasteiger partial charge < -0.3 is 14.8 Å².